The minimum absolute atomic E-state index is 0.388. The maximum absolute atomic E-state index is 4.67. The van der Waals surface area contributed by atoms with Crippen LogP contribution >= 0.6 is 11.3 Å². The molecular formula is C14H19N3S. The lowest BCUT2D eigenvalue weighted by Gasteiger charge is -2.09. The Labute approximate surface area is 112 Å². The first-order valence-electron chi connectivity index (χ1n) is 6.29. The Morgan fingerprint density at radius 1 is 1.33 bits per heavy atom. The molecule has 2 heterocycles. The van der Waals surface area contributed by atoms with Crippen molar-refractivity contribution in [1.29, 1.82) is 0 Å². The number of nitrogens with zero attached hydrogens (tertiary/aromatic N) is 2. The number of nitrogens with one attached hydrogen (secondary N) is 1. The van der Waals surface area contributed by atoms with Crippen LogP contribution in [0.1, 0.15) is 41.0 Å². The predicted molar refractivity (Wildman–Crippen MR) is 76.0 cm³/mol. The summed E-state index contributed by atoms with van der Waals surface area (Å²) >= 11 is 1.81. The molecule has 0 aromatic carbocycles. The fourth-order valence-corrected chi connectivity index (χ4v) is 3.15. The van der Waals surface area contributed by atoms with Crippen molar-refractivity contribution in [3.63, 3.8) is 0 Å². The number of hydrogen-bond acceptors (Lipinski definition) is 4. The molecule has 0 fully saturated rings. The zero-order chi connectivity index (χ0) is 13.0. The summed E-state index contributed by atoms with van der Waals surface area (Å²) < 4.78 is 0. The van der Waals surface area contributed by atoms with Gasteiger partial charge in [0.1, 0.15) is 0 Å². The lowest BCUT2D eigenvalue weighted by molar-refractivity contribution is 0.603. The molecular weight excluding hydrogens is 242 g/mol. The van der Waals surface area contributed by atoms with E-state index in [1.165, 1.54) is 15.4 Å². The first-order chi connectivity index (χ1) is 8.70. The molecule has 0 aliphatic rings. The molecule has 0 aliphatic heterocycles. The van der Waals surface area contributed by atoms with E-state index in [0.717, 1.165) is 18.7 Å². The van der Waals surface area contributed by atoms with Gasteiger partial charge in [0.2, 0.25) is 0 Å². The highest BCUT2D eigenvalue weighted by Crippen LogP contribution is 2.26. The van der Waals surface area contributed by atoms with E-state index in [4.69, 9.17) is 0 Å². The normalized spacial score (nSPS) is 12.6. The molecule has 4 heteroatoms. The SMILES string of the molecule is CCNC(C)c1sc(Cc2ccncc2)nc1C. The molecule has 2 aromatic rings. The molecule has 0 aliphatic carbocycles. The van der Waals surface area contributed by atoms with Crippen molar-refractivity contribution in [1.82, 2.24) is 15.3 Å². The van der Waals surface area contributed by atoms with Gasteiger partial charge in [0.25, 0.3) is 0 Å². The lowest BCUT2D eigenvalue weighted by Crippen LogP contribution is -2.17. The highest BCUT2D eigenvalue weighted by atomic mass is 32.1. The minimum atomic E-state index is 0.388. The smallest absolute Gasteiger partial charge is 0.0975 e. The average molecular weight is 261 g/mol. The van der Waals surface area contributed by atoms with Gasteiger partial charge in [0, 0.05) is 29.7 Å². The molecule has 96 valence electrons. The molecule has 0 saturated heterocycles. The van der Waals surface area contributed by atoms with Crippen LogP contribution in [0, 0.1) is 6.92 Å². The Balaban J connectivity index is 2.14. The highest BCUT2D eigenvalue weighted by Gasteiger charge is 2.13. The molecule has 18 heavy (non-hydrogen) atoms. The third-order valence-corrected chi connectivity index (χ3v) is 4.23. The maximum Gasteiger partial charge on any atom is 0.0975 e. The molecule has 0 radical (unpaired) electrons. The molecule has 1 atom stereocenters. The quantitative estimate of drug-likeness (QED) is 0.898. The second kappa shape index (κ2) is 6.07. The molecule has 1 unspecified atom stereocenters. The van der Waals surface area contributed by atoms with Gasteiger partial charge in [-0.3, -0.25) is 4.98 Å². The van der Waals surface area contributed by atoms with Crippen molar-refractivity contribution in [2.45, 2.75) is 33.2 Å². The predicted octanol–water partition coefficient (Wildman–Crippen LogP) is 3.11. The Bertz CT molecular complexity index is 493. The molecule has 0 bridgehead atoms. The summed E-state index contributed by atoms with van der Waals surface area (Å²) in [7, 11) is 0. The van der Waals surface area contributed by atoms with E-state index in [-0.39, 0.29) is 0 Å². The monoisotopic (exact) mass is 261 g/mol. The van der Waals surface area contributed by atoms with Gasteiger partial charge in [-0.2, -0.15) is 0 Å². The summed E-state index contributed by atoms with van der Waals surface area (Å²) in [6.45, 7) is 7.40. The van der Waals surface area contributed by atoms with Crippen molar-refractivity contribution in [3.05, 3.63) is 45.7 Å². The van der Waals surface area contributed by atoms with E-state index >= 15 is 0 Å². The van der Waals surface area contributed by atoms with Gasteiger partial charge >= 0.3 is 0 Å². The van der Waals surface area contributed by atoms with Gasteiger partial charge in [-0.05, 0) is 38.1 Å². The van der Waals surface area contributed by atoms with E-state index in [2.05, 4.69) is 36.1 Å². The molecule has 2 aromatic heterocycles. The molecule has 0 spiro atoms. The molecule has 1 N–H and O–H groups in total. The highest BCUT2D eigenvalue weighted by molar-refractivity contribution is 7.11. The van der Waals surface area contributed by atoms with Crippen LogP contribution in [-0.4, -0.2) is 16.5 Å². The van der Waals surface area contributed by atoms with Crippen molar-refractivity contribution >= 4 is 11.3 Å². The number of pyridine rings is 1. The number of aromatic nitrogens is 2. The second-order valence-corrected chi connectivity index (χ2v) is 5.48. The first kappa shape index (κ1) is 13.2. The number of aryl methyl sites for hydroxylation is 1. The standard InChI is InChI=1S/C14H19N3S/c1-4-16-10(2)14-11(3)17-13(18-14)9-12-5-7-15-8-6-12/h5-8,10,16H,4,9H2,1-3H3. The number of rotatable bonds is 5. The number of hydrogen-bond donors (Lipinski definition) is 1. The third kappa shape index (κ3) is 3.15. The Hall–Kier alpha value is -1.26. The van der Waals surface area contributed by atoms with Crippen LogP contribution in [0.5, 0.6) is 0 Å². The van der Waals surface area contributed by atoms with E-state index in [1.807, 2.05) is 35.9 Å². The topological polar surface area (TPSA) is 37.8 Å². The van der Waals surface area contributed by atoms with E-state index in [1.54, 1.807) is 0 Å². The van der Waals surface area contributed by atoms with Crippen molar-refractivity contribution in [2.24, 2.45) is 0 Å². The van der Waals surface area contributed by atoms with Gasteiger partial charge in [-0.1, -0.05) is 6.92 Å². The second-order valence-electron chi connectivity index (χ2n) is 4.37. The van der Waals surface area contributed by atoms with E-state index in [0.29, 0.717) is 6.04 Å². The van der Waals surface area contributed by atoms with Gasteiger partial charge in [-0.15, -0.1) is 11.3 Å². The molecule has 0 amide bonds. The zero-order valence-electron chi connectivity index (χ0n) is 11.1. The average Bonchev–Trinajstić information content (AvgIpc) is 2.72. The van der Waals surface area contributed by atoms with Crippen LogP contribution in [0.3, 0.4) is 0 Å². The van der Waals surface area contributed by atoms with Crippen LogP contribution in [0.2, 0.25) is 0 Å². The van der Waals surface area contributed by atoms with Gasteiger partial charge in [-0.25, -0.2) is 4.98 Å². The van der Waals surface area contributed by atoms with Crippen LogP contribution in [0.4, 0.5) is 0 Å². The van der Waals surface area contributed by atoms with Gasteiger partial charge in [0.05, 0.1) is 10.7 Å². The molecule has 0 saturated carbocycles. The first-order valence-corrected chi connectivity index (χ1v) is 7.10. The summed E-state index contributed by atoms with van der Waals surface area (Å²) in [5.74, 6) is 0. The van der Waals surface area contributed by atoms with E-state index < -0.39 is 0 Å². The zero-order valence-corrected chi connectivity index (χ0v) is 11.9. The van der Waals surface area contributed by atoms with Crippen molar-refractivity contribution in [3.8, 4) is 0 Å². The lowest BCUT2D eigenvalue weighted by atomic mass is 10.2. The van der Waals surface area contributed by atoms with Crippen LogP contribution in [0.25, 0.3) is 0 Å². The third-order valence-electron chi connectivity index (χ3n) is 2.89. The summed E-state index contributed by atoms with van der Waals surface area (Å²) in [4.78, 5) is 10.1. The summed E-state index contributed by atoms with van der Waals surface area (Å²) in [6, 6.07) is 4.48. The summed E-state index contributed by atoms with van der Waals surface area (Å²) in [5, 5.41) is 4.62. The fraction of sp³-hybridized carbons (Fsp3) is 0.429. The van der Waals surface area contributed by atoms with Crippen molar-refractivity contribution < 1.29 is 0 Å². The van der Waals surface area contributed by atoms with Crippen molar-refractivity contribution in [2.75, 3.05) is 6.54 Å². The fourth-order valence-electron chi connectivity index (χ4n) is 2.02. The molecule has 2 rings (SSSR count). The van der Waals surface area contributed by atoms with Crippen LogP contribution < -0.4 is 5.32 Å². The summed E-state index contributed by atoms with van der Waals surface area (Å²) in [6.07, 6.45) is 4.56. The van der Waals surface area contributed by atoms with Gasteiger partial charge < -0.3 is 5.32 Å². The maximum atomic E-state index is 4.67. The Morgan fingerprint density at radius 2 is 2.06 bits per heavy atom. The molecule has 3 nitrogen and oxygen atoms in total. The Kier molecular flexibility index (Phi) is 4.44. The largest absolute Gasteiger partial charge is 0.310 e. The number of thiazole rings is 1. The Morgan fingerprint density at radius 3 is 2.72 bits per heavy atom. The van der Waals surface area contributed by atoms with E-state index in [9.17, 15) is 0 Å². The summed E-state index contributed by atoms with van der Waals surface area (Å²) in [5.41, 5.74) is 2.42. The van der Waals surface area contributed by atoms with Crippen LogP contribution in [-0.2, 0) is 6.42 Å². The minimum Gasteiger partial charge on any atom is -0.310 e. The van der Waals surface area contributed by atoms with Crippen LogP contribution in [0.15, 0.2) is 24.5 Å². The van der Waals surface area contributed by atoms with Gasteiger partial charge in [0.15, 0.2) is 0 Å².